The molecule has 2 rings (SSSR count). The average Bonchev–Trinajstić information content (AvgIpc) is 2.77. The van der Waals surface area contributed by atoms with Crippen molar-refractivity contribution >= 4 is 17.3 Å². The van der Waals surface area contributed by atoms with Gasteiger partial charge in [0, 0.05) is 12.6 Å². The third-order valence-electron chi connectivity index (χ3n) is 3.19. The summed E-state index contributed by atoms with van der Waals surface area (Å²) in [6.45, 7) is 5.73. The fourth-order valence-electron chi connectivity index (χ4n) is 2.20. The van der Waals surface area contributed by atoms with E-state index < -0.39 is 4.92 Å². The molecule has 0 saturated heterocycles. The predicted molar refractivity (Wildman–Crippen MR) is 80.7 cm³/mol. The highest BCUT2D eigenvalue weighted by Gasteiger charge is 2.16. The van der Waals surface area contributed by atoms with Gasteiger partial charge in [-0.25, -0.2) is 4.98 Å². The van der Waals surface area contributed by atoms with Crippen molar-refractivity contribution in [2.75, 3.05) is 17.7 Å². The second kappa shape index (κ2) is 5.82. The molecule has 2 heterocycles. The van der Waals surface area contributed by atoms with Gasteiger partial charge in [-0.05, 0) is 26.8 Å². The number of hydrogen-bond donors (Lipinski definition) is 2. The number of rotatable bonds is 5. The van der Waals surface area contributed by atoms with Crippen molar-refractivity contribution in [3.05, 3.63) is 45.4 Å². The van der Waals surface area contributed by atoms with Gasteiger partial charge in [0.15, 0.2) is 0 Å². The van der Waals surface area contributed by atoms with Gasteiger partial charge in [0.1, 0.15) is 23.2 Å². The first-order valence-corrected chi connectivity index (χ1v) is 6.58. The Bertz CT molecular complexity index is 666. The van der Waals surface area contributed by atoms with E-state index in [1.807, 2.05) is 26.8 Å². The molecule has 7 nitrogen and oxygen atoms in total. The maximum Gasteiger partial charge on any atom is 0.276 e. The molecule has 0 aliphatic carbocycles. The van der Waals surface area contributed by atoms with E-state index in [2.05, 4.69) is 15.6 Å². The summed E-state index contributed by atoms with van der Waals surface area (Å²) in [5.41, 5.74) is 0.996. The van der Waals surface area contributed by atoms with Crippen molar-refractivity contribution < 1.29 is 9.34 Å². The van der Waals surface area contributed by atoms with Gasteiger partial charge >= 0.3 is 0 Å². The number of pyridine rings is 1. The largest absolute Gasteiger partial charge is 0.466 e. The van der Waals surface area contributed by atoms with Crippen LogP contribution in [0.2, 0.25) is 0 Å². The molecule has 0 saturated carbocycles. The van der Waals surface area contributed by atoms with Crippen LogP contribution in [0.3, 0.4) is 0 Å². The van der Waals surface area contributed by atoms with E-state index in [4.69, 9.17) is 4.42 Å². The Labute approximate surface area is 122 Å². The highest BCUT2D eigenvalue weighted by molar-refractivity contribution is 5.55. The number of nitrogens with one attached hydrogen (secondary N) is 2. The summed E-state index contributed by atoms with van der Waals surface area (Å²) in [7, 11) is 1.67. The lowest BCUT2D eigenvalue weighted by Gasteiger charge is -2.14. The van der Waals surface area contributed by atoms with Crippen molar-refractivity contribution in [3.63, 3.8) is 0 Å². The van der Waals surface area contributed by atoms with Gasteiger partial charge in [0.2, 0.25) is 0 Å². The SMILES string of the molecule is CNc1cc([N+](=O)[O-])cc(NC(C)c2cc(C)oc2C)n1. The molecule has 0 spiro atoms. The van der Waals surface area contributed by atoms with Gasteiger partial charge in [-0.1, -0.05) is 0 Å². The molecule has 2 aromatic heterocycles. The quantitative estimate of drug-likeness (QED) is 0.647. The Morgan fingerprint density at radius 2 is 1.95 bits per heavy atom. The molecule has 1 atom stereocenters. The monoisotopic (exact) mass is 290 g/mol. The molecule has 0 radical (unpaired) electrons. The van der Waals surface area contributed by atoms with Crippen LogP contribution in [0.5, 0.6) is 0 Å². The average molecular weight is 290 g/mol. The molecule has 0 amide bonds. The number of hydrogen-bond acceptors (Lipinski definition) is 6. The second-order valence-corrected chi connectivity index (χ2v) is 4.84. The first kappa shape index (κ1) is 14.8. The maximum atomic E-state index is 10.9. The van der Waals surface area contributed by atoms with E-state index in [1.54, 1.807) is 7.05 Å². The lowest BCUT2D eigenvalue weighted by atomic mass is 10.1. The third kappa shape index (κ3) is 3.31. The zero-order chi connectivity index (χ0) is 15.6. The van der Waals surface area contributed by atoms with Gasteiger partial charge in [-0.15, -0.1) is 0 Å². The van der Waals surface area contributed by atoms with Crippen LogP contribution < -0.4 is 10.6 Å². The van der Waals surface area contributed by atoms with E-state index in [9.17, 15) is 10.1 Å². The summed E-state index contributed by atoms with van der Waals surface area (Å²) in [5.74, 6) is 2.55. The highest BCUT2D eigenvalue weighted by atomic mass is 16.6. The fourth-order valence-corrected chi connectivity index (χ4v) is 2.20. The van der Waals surface area contributed by atoms with Gasteiger partial charge in [0.05, 0.1) is 23.1 Å². The molecule has 0 aliphatic rings. The molecular weight excluding hydrogens is 272 g/mol. The summed E-state index contributed by atoms with van der Waals surface area (Å²) < 4.78 is 5.50. The summed E-state index contributed by atoms with van der Waals surface area (Å²) >= 11 is 0. The molecule has 0 aromatic carbocycles. The Hall–Kier alpha value is -2.57. The maximum absolute atomic E-state index is 10.9. The molecule has 112 valence electrons. The number of aryl methyl sites for hydroxylation is 2. The molecule has 0 aliphatic heterocycles. The van der Waals surface area contributed by atoms with Crippen LogP contribution in [-0.2, 0) is 0 Å². The van der Waals surface area contributed by atoms with E-state index in [1.165, 1.54) is 12.1 Å². The Kier molecular flexibility index (Phi) is 4.11. The zero-order valence-corrected chi connectivity index (χ0v) is 12.4. The Morgan fingerprint density at radius 3 is 2.48 bits per heavy atom. The molecule has 2 aromatic rings. The van der Waals surface area contributed by atoms with E-state index in [-0.39, 0.29) is 11.7 Å². The van der Waals surface area contributed by atoms with Crippen LogP contribution >= 0.6 is 0 Å². The van der Waals surface area contributed by atoms with E-state index >= 15 is 0 Å². The van der Waals surface area contributed by atoms with Crippen LogP contribution in [0.4, 0.5) is 17.3 Å². The van der Waals surface area contributed by atoms with Crippen LogP contribution in [0.15, 0.2) is 22.6 Å². The molecule has 2 N–H and O–H groups in total. The minimum absolute atomic E-state index is 0.0100. The fraction of sp³-hybridized carbons (Fsp3) is 0.357. The van der Waals surface area contributed by atoms with Crippen LogP contribution in [-0.4, -0.2) is 17.0 Å². The number of anilines is 2. The topological polar surface area (TPSA) is 93.2 Å². The Morgan fingerprint density at radius 1 is 1.29 bits per heavy atom. The second-order valence-electron chi connectivity index (χ2n) is 4.84. The van der Waals surface area contributed by atoms with Crippen molar-refractivity contribution in [2.24, 2.45) is 0 Å². The minimum atomic E-state index is -0.439. The summed E-state index contributed by atoms with van der Waals surface area (Å²) in [6, 6.07) is 4.69. The number of nitrogens with zero attached hydrogens (tertiary/aromatic N) is 2. The van der Waals surface area contributed by atoms with Gasteiger partial charge in [-0.3, -0.25) is 10.1 Å². The first-order chi connectivity index (χ1) is 9.90. The van der Waals surface area contributed by atoms with E-state index in [0.29, 0.717) is 11.6 Å². The van der Waals surface area contributed by atoms with Crippen LogP contribution in [0.25, 0.3) is 0 Å². The predicted octanol–water partition coefficient (Wildman–Crippen LogP) is 3.41. The van der Waals surface area contributed by atoms with Gasteiger partial charge in [-0.2, -0.15) is 0 Å². The minimum Gasteiger partial charge on any atom is -0.466 e. The van der Waals surface area contributed by atoms with Gasteiger partial charge in [0.25, 0.3) is 5.69 Å². The van der Waals surface area contributed by atoms with Crippen LogP contribution in [0, 0.1) is 24.0 Å². The summed E-state index contributed by atoms with van der Waals surface area (Å²) in [5, 5.41) is 16.9. The smallest absolute Gasteiger partial charge is 0.276 e. The first-order valence-electron chi connectivity index (χ1n) is 6.58. The number of furan rings is 1. The Balaban J connectivity index is 2.28. The molecular formula is C14H18N4O3. The lowest BCUT2D eigenvalue weighted by Crippen LogP contribution is -2.09. The van der Waals surface area contributed by atoms with Gasteiger partial charge < -0.3 is 15.1 Å². The summed E-state index contributed by atoms with van der Waals surface area (Å²) in [4.78, 5) is 14.8. The normalized spacial score (nSPS) is 12.0. The molecule has 21 heavy (non-hydrogen) atoms. The molecule has 7 heteroatoms. The standard InChI is InChI=1S/C14H18N4O3/c1-8-5-12(10(3)21-8)9(2)16-14-7-11(18(19)20)6-13(15-4)17-14/h5-7,9H,1-4H3,(H2,15,16,17). The zero-order valence-electron chi connectivity index (χ0n) is 12.4. The molecule has 1 unspecified atom stereocenters. The summed E-state index contributed by atoms with van der Waals surface area (Å²) in [6.07, 6.45) is 0. The third-order valence-corrected chi connectivity index (χ3v) is 3.19. The highest BCUT2D eigenvalue weighted by Crippen LogP contribution is 2.27. The van der Waals surface area contributed by atoms with Crippen molar-refractivity contribution in [1.29, 1.82) is 0 Å². The van der Waals surface area contributed by atoms with Crippen LogP contribution in [0.1, 0.15) is 30.0 Å². The lowest BCUT2D eigenvalue weighted by molar-refractivity contribution is -0.384. The number of nitro groups is 1. The molecule has 0 fully saturated rings. The van der Waals surface area contributed by atoms with E-state index in [0.717, 1.165) is 17.1 Å². The molecule has 0 bridgehead atoms. The van der Waals surface area contributed by atoms with Crippen molar-refractivity contribution in [2.45, 2.75) is 26.8 Å². The van der Waals surface area contributed by atoms with Crippen molar-refractivity contribution in [3.8, 4) is 0 Å². The van der Waals surface area contributed by atoms with Crippen molar-refractivity contribution in [1.82, 2.24) is 4.98 Å². The number of aromatic nitrogens is 1.